The van der Waals surface area contributed by atoms with Crippen molar-refractivity contribution in [3.8, 4) is 6.07 Å². The SMILES string of the molecule is CN(Cc1cccc(C#N)c1)Cn1nnnc1C(C)(C)C. The Kier molecular flexibility index (Phi) is 4.34. The van der Waals surface area contributed by atoms with Crippen LogP contribution in [0.2, 0.25) is 0 Å². The van der Waals surface area contributed by atoms with Gasteiger partial charge in [0.1, 0.15) is 0 Å². The van der Waals surface area contributed by atoms with E-state index in [4.69, 9.17) is 5.26 Å². The molecule has 2 rings (SSSR count). The third-order valence-electron chi connectivity index (χ3n) is 3.09. The Morgan fingerprint density at radius 2 is 2.10 bits per heavy atom. The lowest BCUT2D eigenvalue weighted by atomic mass is 9.96. The van der Waals surface area contributed by atoms with Gasteiger partial charge in [-0.25, -0.2) is 4.68 Å². The molecule has 21 heavy (non-hydrogen) atoms. The van der Waals surface area contributed by atoms with Crippen molar-refractivity contribution in [2.75, 3.05) is 7.05 Å². The summed E-state index contributed by atoms with van der Waals surface area (Å²) in [6, 6.07) is 9.79. The van der Waals surface area contributed by atoms with Gasteiger partial charge >= 0.3 is 0 Å². The van der Waals surface area contributed by atoms with Crippen LogP contribution < -0.4 is 0 Å². The highest BCUT2D eigenvalue weighted by atomic mass is 15.6. The second kappa shape index (κ2) is 6.02. The number of benzene rings is 1. The molecule has 0 unspecified atom stereocenters. The van der Waals surface area contributed by atoms with Gasteiger partial charge in [-0.1, -0.05) is 32.9 Å². The van der Waals surface area contributed by atoms with Crippen molar-refractivity contribution >= 4 is 0 Å². The zero-order valence-electron chi connectivity index (χ0n) is 12.9. The van der Waals surface area contributed by atoms with Gasteiger partial charge in [-0.3, -0.25) is 4.90 Å². The van der Waals surface area contributed by atoms with Gasteiger partial charge in [0.2, 0.25) is 0 Å². The Balaban J connectivity index is 2.07. The molecule has 1 heterocycles. The van der Waals surface area contributed by atoms with Crippen LogP contribution in [-0.4, -0.2) is 32.2 Å². The van der Waals surface area contributed by atoms with Crippen LogP contribution in [0, 0.1) is 11.3 Å². The topological polar surface area (TPSA) is 70.6 Å². The predicted molar refractivity (Wildman–Crippen MR) is 79.1 cm³/mol. The second-order valence-electron chi connectivity index (χ2n) is 6.22. The minimum Gasteiger partial charge on any atom is -0.283 e. The normalized spacial score (nSPS) is 11.6. The van der Waals surface area contributed by atoms with E-state index in [1.807, 2.05) is 36.0 Å². The maximum Gasteiger partial charge on any atom is 0.158 e. The molecule has 2 aromatic rings. The van der Waals surface area contributed by atoms with Crippen molar-refractivity contribution < 1.29 is 0 Å². The first-order chi connectivity index (χ1) is 9.90. The molecular weight excluding hydrogens is 264 g/mol. The minimum absolute atomic E-state index is 0.0922. The summed E-state index contributed by atoms with van der Waals surface area (Å²) in [5.74, 6) is 0.861. The van der Waals surface area contributed by atoms with Gasteiger partial charge in [0.25, 0.3) is 0 Å². The standard InChI is InChI=1S/C15H20N6/c1-15(2,3)14-17-18-19-21(14)11-20(4)10-13-7-5-6-12(8-13)9-16/h5-8H,10-11H2,1-4H3. The molecule has 0 fully saturated rings. The third-order valence-corrected chi connectivity index (χ3v) is 3.09. The largest absolute Gasteiger partial charge is 0.283 e. The van der Waals surface area contributed by atoms with Crippen LogP contribution in [0.1, 0.15) is 37.7 Å². The van der Waals surface area contributed by atoms with Crippen LogP contribution >= 0.6 is 0 Å². The molecule has 1 aromatic carbocycles. The van der Waals surface area contributed by atoms with E-state index >= 15 is 0 Å². The smallest absolute Gasteiger partial charge is 0.158 e. The van der Waals surface area contributed by atoms with Crippen molar-refractivity contribution in [2.24, 2.45) is 0 Å². The fraction of sp³-hybridized carbons (Fsp3) is 0.467. The van der Waals surface area contributed by atoms with Crippen LogP contribution in [-0.2, 0) is 18.6 Å². The highest BCUT2D eigenvalue weighted by Gasteiger charge is 2.22. The summed E-state index contributed by atoms with van der Waals surface area (Å²) in [4.78, 5) is 2.11. The van der Waals surface area contributed by atoms with Crippen molar-refractivity contribution in [3.05, 3.63) is 41.2 Å². The first-order valence-corrected chi connectivity index (χ1v) is 6.84. The number of tetrazole rings is 1. The fourth-order valence-corrected chi connectivity index (χ4v) is 2.17. The molecule has 110 valence electrons. The summed E-state index contributed by atoms with van der Waals surface area (Å²) in [6.45, 7) is 7.61. The maximum absolute atomic E-state index is 8.94. The molecule has 0 aliphatic rings. The van der Waals surface area contributed by atoms with E-state index < -0.39 is 0 Å². The van der Waals surface area contributed by atoms with E-state index in [0.29, 0.717) is 12.2 Å². The predicted octanol–water partition coefficient (Wildman–Crippen LogP) is 1.93. The summed E-state index contributed by atoms with van der Waals surface area (Å²) in [7, 11) is 2.01. The van der Waals surface area contributed by atoms with Gasteiger partial charge in [-0.2, -0.15) is 5.26 Å². The van der Waals surface area contributed by atoms with Crippen LogP contribution in [0.3, 0.4) is 0 Å². The number of aromatic nitrogens is 4. The molecule has 0 amide bonds. The third kappa shape index (κ3) is 3.86. The zero-order valence-corrected chi connectivity index (χ0v) is 12.9. The lowest BCUT2D eigenvalue weighted by molar-refractivity contribution is 0.233. The van der Waals surface area contributed by atoms with Crippen molar-refractivity contribution in [2.45, 2.75) is 39.4 Å². The minimum atomic E-state index is -0.0922. The van der Waals surface area contributed by atoms with E-state index in [0.717, 1.165) is 17.9 Å². The van der Waals surface area contributed by atoms with E-state index in [9.17, 15) is 0 Å². The van der Waals surface area contributed by atoms with Gasteiger partial charge in [0, 0.05) is 12.0 Å². The molecule has 0 atom stereocenters. The van der Waals surface area contributed by atoms with Crippen molar-refractivity contribution in [3.63, 3.8) is 0 Å². The van der Waals surface area contributed by atoms with Crippen LogP contribution in [0.4, 0.5) is 0 Å². The fourth-order valence-electron chi connectivity index (χ4n) is 2.17. The quantitative estimate of drug-likeness (QED) is 0.858. The van der Waals surface area contributed by atoms with Gasteiger partial charge in [-0.05, 0) is 35.2 Å². The molecule has 0 saturated heterocycles. The molecule has 0 aliphatic carbocycles. The first kappa shape index (κ1) is 15.1. The number of hydrogen-bond acceptors (Lipinski definition) is 5. The Morgan fingerprint density at radius 3 is 2.76 bits per heavy atom. The number of nitrogens with zero attached hydrogens (tertiary/aromatic N) is 6. The van der Waals surface area contributed by atoms with Crippen molar-refractivity contribution in [1.29, 1.82) is 5.26 Å². The summed E-state index contributed by atoms with van der Waals surface area (Å²) in [6.07, 6.45) is 0. The molecule has 0 bridgehead atoms. The monoisotopic (exact) mass is 284 g/mol. The molecule has 0 saturated carbocycles. The van der Waals surface area contributed by atoms with E-state index in [-0.39, 0.29) is 5.41 Å². The van der Waals surface area contributed by atoms with Gasteiger partial charge in [0.15, 0.2) is 5.82 Å². The second-order valence-corrected chi connectivity index (χ2v) is 6.22. The van der Waals surface area contributed by atoms with Crippen LogP contribution in [0.25, 0.3) is 0 Å². The maximum atomic E-state index is 8.94. The van der Waals surface area contributed by atoms with Crippen LogP contribution in [0.15, 0.2) is 24.3 Å². The molecule has 6 heteroatoms. The molecule has 0 aliphatic heterocycles. The van der Waals surface area contributed by atoms with Crippen LogP contribution in [0.5, 0.6) is 0 Å². The highest BCUT2D eigenvalue weighted by molar-refractivity contribution is 5.32. The zero-order chi connectivity index (χ0) is 15.5. The van der Waals surface area contributed by atoms with E-state index in [2.05, 4.69) is 47.3 Å². The Bertz CT molecular complexity index is 647. The molecule has 0 N–H and O–H groups in total. The molecule has 0 radical (unpaired) electrons. The highest BCUT2D eigenvalue weighted by Crippen LogP contribution is 2.18. The summed E-state index contributed by atoms with van der Waals surface area (Å²) in [5, 5.41) is 20.9. The molecule has 1 aromatic heterocycles. The average molecular weight is 284 g/mol. The van der Waals surface area contributed by atoms with Crippen molar-refractivity contribution in [1.82, 2.24) is 25.1 Å². The van der Waals surface area contributed by atoms with Gasteiger partial charge in [0.05, 0.1) is 18.3 Å². The lowest BCUT2D eigenvalue weighted by Crippen LogP contribution is -2.27. The van der Waals surface area contributed by atoms with E-state index in [1.54, 1.807) is 0 Å². The van der Waals surface area contributed by atoms with Gasteiger partial charge < -0.3 is 0 Å². The van der Waals surface area contributed by atoms with E-state index in [1.165, 1.54) is 0 Å². The summed E-state index contributed by atoms with van der Waals surface area (Å²) >= 11 is 0. The summed E-state index contributed by atoms with van der Waals surface area (Å²) < 4.78 is 1.81. The molecular formula is C15H20N6. The van der Waals surface area contributed by atoms with Gasteiger partial charge in [-0.15, -0.1) is 5.10 Å². The molecule has 6 nitrogen and oxygen atoms in total. The molecule has 0 spiro atoms. The Labute approximate surface area is 125 Å². The number of rotatable bonds is 4. The summed E-state index contributed by atoms with van der Waals surface area (Å²) in [5.41, 5.74) is 1.69. The number of nitriles is 1. The lowest BCUT2D eigenvalue weighted by Gasteiger charge is -2.21. The Morgan fingerprint density at radius 1 is 1.33 bits per heavy atom. The Hall–Kier alpha value is -2.26. The number of hydrogen-bond donors (Lipinski definition) is 0. The average Bonchev–Trinajstić information content (AvgIpc) is 2.86. The first-order valence-electron chi connectivity index (χ1n) is 6.84.